The van der Waals surface area contributed by atoms with Crippen LogP contribution in [0.4, 0.5) is 0 Å². The van der Waals surface area contributed by atoms with Gasteiger partial charge in [-0.2, -0.15) is 0 Å². The van der Waals surface area contributed by atoms with Crippen molar-refractivity contribution in [3.05, 3.63) is 11.0 Å². The molecule has 0 saturated carbocycles. The summed E-state index contributed by atoms with van der Waals surface area (Å²) in [6.45, 7) is 5.18. The van der Waals surface area contributed by atoms with E-state index in [-0.39, 0.29) is 5.97 Å². The second kappa shape index (κ2) is 3.45. The molecule has 0 unspecified atom stereocenters. The Morgan fingerprint density at radius 1 is 1.33 bits per heavy atom. The van der Waals surface area contributed by atoms with Crippen molar-refractivity contribution in [3.8, 4) is 0 Å². The maximum Gasteiger partial charge on any atom is 0.307 e. The highest BCUT2D eigenvalue weighted by molar-refractivity contribution is 6.21. The van der Waals surface area contributed by atoms with E-state index in [1.165, 1.54) is 12.1 Å². The Labute approximate surface area is 58.3 Å². The van der Waals surface area contributed by atoms with Gasteiger partial charge in [-0.25, -0.2) is 0 Å². The monoisotopic (exact) mass is 144 g/mol. The zero-order valence-electron chi connectivity index (χ0n) is 6.32. The highest BCUT2D eigenvalue weighted by Crippen LogP contribution is 1.99. The fraction of sp³-hybridized carbons (Fsp3) is 0.500. The highest BCUT2D eigenvalue weighted by atomic mass is 28.1. The van der Waals surface area contributed by atoms with Crippen molar-refractivity contribution in [2.45, 2.75) is 20.8 Å². The first-order valence-corrected chi connectivity index (χ1v) is 3.86. The Bertz CT molecular complexity index is 145. The lowest BCUT2D eigenvalue weighted by molar-refractivity contribution is -0.136. The van der Waals surface area contributed by atoms with E-state index in [0.717, 1.165) is 16.0 Å². The van der Waals surface area contributed by atoms with Gasteiger partial charge in [0.25, 0.3) is 0 Å². The highest BCUT2D eigenvalue weighted by Gasteiger charge is 1.94. The summed E-state index contributed by atoms with van der Waals surface area (Å²) in [6.07, 6.45) is 0. The summed E-state index contributed by atoms with van der Waals surface area (Å²) in [5.74, 6) is 0.525. The predicted molar refractivity (Wildman–Crippen MR) is 40.1 cm³/mol. The van der Waals surface area contributed by atoms with Crippen LogP contribution in [0.15, 0.2) is 11.0 Å². The van der Waals surface area contributed by atoms with Gasteiger partial charge in [-0.15, -0.1) is 0 Å². The number of carbonyl (C=O) groups is 1. The van der Waals surface area contributed by atoms with Crippen LogP contribution in [-0.4, -0.2) is 16.2 Å². The van der Waals surface area contributed by atoms with E-state index in [9.17, 15) is 4.79 Å². The Morgan fingerprint density at radius 2 is 1.78 bits per heavy atom. The molecule has 0 N–H and O–H groups in total. The molecule has 0 spiro atoms. The maximum absolute atomic E-state index is 10.3. The number of esters is 1. The quantitative estimate of drug-likeness (QED) is 0.298. The smallest absolute Gasteiger partial charge is 0.307 e. The molecule has 0 bridgehead atoms. The Kier molecular flexibility index (Phi) is 3.23. The second-order valence-corrected chi connectivity index (χ2v) is 3.65. The number of allylic oxidation sites excluding steroid dienone is 2. The number of hydrogen-bond donors (Lipinski definition) is 0. The third-order valence-electron chi connectivity index (χ3n) is 1.00. The number of ether oxygens (including phenoxy) is 1. The van der Waals surface area contributed by atoms with Gasteiger partial charge in [0, 0.05) is 17.2 Å². The molecule has 0 aromatic heterocycles. The van der Waals surface area contributed by atoms with Crippen molar-refractivity contribution in [2.24, 2.45) is 0 Å². The maximum atomic E-state index is 10.3. The van der Waals surface area contributed by atoms with Crippen LogP contribution in [0.3, 0.4) is 0 Å². The van der Waals surface area contributed by atoms with Gasteiger partial charge in [-0.05, 0) is 13.8 Å². The van der Waals surface area contributed by atoms with Crippen molar-refractivity contribution in [1.29, 1.82) is 0 Å². The minimum absolute atomic E-state index is 0.234. The van der Waals surface area contributed by atoms with Gasteiger partial charge in [0.1, 0.15) is 0 Å². The first-order chi connectivity index (χ1) is 4.04. The van der Waals surface area contributed by atoms with Gasteiger partial charge in [0.05, 0.1) is 5.76 Å². The Morgan fingerprint density at radius 3 is 1.89 bits per heavy atom. The van der Waals surface area contributed by atoms with Crippen LogP contribution in [0.5, 0.6) is 0 Å². The van der Waals surface area contributed by atoms with Gasteiger partial charge in [0.15, 0.2) is 0 Å². The second-order valence-electron chi connectivity index (χ2n) is 2.15. The number of rotatable bonds is 1. The van der Waals surface area contributed by atoms with E-state index in [4.69, 9.17) is 4.74 Å². The standard InChI is InChI=1S/C6H12O2Si/c1-4(5(2)9)8-6(3)7/h1-3,9H3. The molecule has 0 aromatic carbocycles. The van der Waals surface area contributed by atoms with E-state index < -0.39 is 0 Å². The average molecular weight is 144 g/mol. The van der Waals surface area contributed by atoms with Crippen LogP contribution in [0.2, 0.25) is 0 Å². The molecular formula is C6H12O2Si. The van der Waals surface area contributed by atoms with Crippen LogP contribution in [0.1, 0.15) is 20.8 Å². The summed E-state index contributed by atoms with van der Waals surface area (Å²) in [7, 11) is 0.961. The average Bonchev–Trinajstić information content (AvgIpc) is 1.63. The van der Waals surface area contributed by atoms with Crippen molar-refractivity contribution < 1.29 is 9.53 Å². The van der Waals surface area contributed by atoms with E-state index in [1.807, 2.05) is 13.8 Å². The lowest BCUT2D eigenvalue weighted by atomic mass is 10.5. The Hall–Kier alpha value is -0.573. The third kappa shape index (κ3) is 3.97. The molecule has 0 heterocycles. The van der Waals surface area contributed by atoms with Gasteiger partial charge in [-0.1, -0.05) is 5.20 Å². The molecule has 0 atom stereocenters. The summed E-state index contributed by atoms with van der Waals surface area (Å²) in [5.41, 5.74) is 0. The van der Waals surface area contributed by atoms with Crippen molar-refractivity contribution in [2.75, 3.05) is 0 Å². The van der Waals surface area contributed by atoms with Gasteiger partial charge in [0.2, 0.25) is 0 Å². The Balaban J connectivity index is 3.92. The number of carbonyl (C=O) groups excluding carboxylic acids is 1. The van der Waals surface area contributed by atoms with Crippen molar-refractivity contribution in [3.63, 3.8) is 0 Å². The van der Waals surface area contributed by atoms with Crippen LogP contribution in [0, 0.1) is 0 Å². The van der Waals surface area contributed by atoms with E-state index >= 15 is 0 Å². The summed E-state index contributed by atoms with van der Waals surface area (Å²) in [5, 5.41) is 1.17. The lowest BCUT2D eigenvalue weighted by Crippen LogP contribution is -1.97. The zero-order valence-corrected chi connectivity index (χ0v) is 8.32. The van der Waals surface area contributed by atoms with Gasteiger partial charge >= 0.3 is 5.97 Å². The van der Waals surface area contributed by atoms with E-state index in [0.29, 0.717) is 0 Å². The van der Waals surface area contributed by atoms with E-state index in [1.54, 1.807) is 0 Å². The van der Waals surface area contributed by atoms with E-state index in [2.05, 4.69) is 0 Å². The molecule has 0 rings (SSSR count). The van der Waals surface area contributed by atoms with Crippen molar-refractivity contribution in [1.82, 2.24) is 0 Å². The normalized spacial score (nSPS) is 12.8. The molecule has 9 heavy (non-hydrogen) atoms. The SMILES string of the molecule is CC(=O)OC(C)=C(C)[SiH3]. The molecule has 0 amide bonds. The molecule has 0 aromatic rings. The predicted octanol–water partition coefficient (Wildman–Crippen LogP) is 0.166. The molecule has 0 aliphatic heterocycles. The summed E-state index contributed by atoms with van der Waals surface area (Å²) in [6, 6.07) is 0. The summed E-state index contributed by atoms with van der Waals surface area (Å²) >= 11 is 0. The molecular weight excluding hydrogens is 132 g/mol. The van der Waals surface area contributed by atoms with Crippen LogP contribution < -0.4 is 0 Å². The molecule has 0 radical (unpaired) electrons. The molecule has 0 saturated heterocycles. The van der Waals surface area contributed by atoms with Crippen molar-refractivity contribution >= 4 is 16.2 Å². The van der Waals surface area contributed by atoms with Crippen LogP contribution >= 0.6 is 0 Å². The first-order valence-electron chi connectivity index (χ1n) is 2.86. The van der Waals surface area contributed by atoms with Gasteiger partial charge < -0.3 is 4.74 Å². The van der Waals surface area contributed by atoms with Crippen LogP contribution in [-0.2, 0) is 9.53 Å². The molecule has 0 fully saturated rings. The third-order valence-corrected chi connectivity index (χ3v) is 1.71. The fourth-order valence-electron chi connectivity index (χ4n) is 0.318. The topological polar surface area (TPSA) is 26.3 Å². The van der Waals surface area contributed by atoms with Crippen LogP contribution in [0.25, 0.3) is 0 Å². The molecule has 0 aliphatic rings. The molecule has 0 aliphatic carbocycles. The number of hydrogen-bond acceptors (Lipinski definition) is 2. The lowest BCUT2D eigenvalue weighted by Gasteiger charge is -2.01. The largest absolute Gasteiger partial charge is 0.432 e. The zero-order chi connectivity index (χ0) is 7.44. The molecule has 2 nitrogen and oxygen atoms in total. The fourth-order valence-corrected chi connectivity index (χ4v) is 0.420. The minimum Gasteiger partial charge on any atom is -0.432 e. The summed E-state index contributed by atoms with van der Waals surface area (Å²) in [4.78, 5) is 10.3. The minimum atomic E-state index is -0.234. The molecule has 52 valence electrons. The van der Waals surface area contributed by atoms with Gasteiger partial charge in [-0.3, -0.25) is 4.79 Å². The molecule has 3 heteroatoms. The summed E-state index contributed by atoms with van der Waals surface area (Å²) < 4.78 is 4.79. The first kappa shape index (κ1) is 8.43.